The fourth-order valence-corrected chi connectivity index (χ4v) is 5.57. The van der Waals surface area contributed by atoms with E-state index in [0.29, 0.717) is 25.6 Å². The largest absolute Gasteiger partial charge is 0.347 e. The zero-order valence-electron chi connectivity index (χ0n) is 24.0. The van der Waals surface area contributed by atoms with Gasteiger partial charge >= 0.3 is 0 Å². The van der Waals surface area contributed by atoms with Gasteiger partial charge in [-0.3, -0.25) is 4.98 Å². The number of H-pyrrole nitrogens is 1. The summed E-state index contributed by atoms with van der Waals surface area (Å²) in [6.45, 7) is 4.14. The number of tetrazole rings is 1. The Balaban J connectivity index is 1.28. The number of aromatic amines is 1. The molecule has 0 unspecified atom stereocenters. The van der Waals surface area contributed by atoms with Crippen LogP contribution in [0.1, 0.15) is 49.6 Å². The molecular formula is C33H32N8O2. The molecule has 43 heavy (non-hydrogen) atoms. The summed E-state index contributed by atoms with van der Waals surface area (Å²) in [6, 6.07) is 22.8. The Morgan fingerprint density at radius 3 is 2.40 bits per heavy atom. The van der Waals surface area contributed by atoms with E-state index < -0.39 is 6.29 Å². The van der Waals surface area contributed by atoms with Gasteiger partial charge in [0.2, 0.25) is 12.1 Å². The van der Waals surface area contributed by atoms with Gasteiger partial charge in [0.15, 0.2) is 5.65 Å². The molecule has 0 spiro atoms. The predicted molar refractivity (Wildman–Crippen MR) is 163 cm³/mol. The number of benzene rings is 2. The molecule has 0 saturated carbocycles. The van der Waals surface area contributed by atoms with Crippen LogP contribution in [0.5, 0.6) is 0 Å². The van der Waals surface area contributed by atoms with E-state index in [4.69, 9.17) is 19.4 Å². The molecule has 10 nitrogen and oxygen atoms in total. The van der Waals surface area contributed by atoms with Crippen LogP contribution in [0.4, 0.5) is 0 Å². The summed E-state index contributed by atoms with van der Waals surface area (Å²) in [5.41, 5.74) is 8.66. The fraction of sp³-hybridized carbons (Fsp3) is 0.273. The number of rotatable bonds is 9. The van der Waals surface area contributed by atoms with E-state index >= 15 is 0 Å². The van der Waals surface area contributed by atoms with E-state index in [9.17, 15) is 0 Å². The molecule has 5 heterocycles. The molecule has 1 fully saturated rings. The van der Waals surface area contributed by atoms with E-state index in [1.165, 1.54) is 0 Å². The van der Waals surface area contributed by atoms with E-state index in [2.05, 4.69) is 73.5 Å². The van der Waals surface area contributed by atoms with Crippen molar-refractivity contribution in [2.45, 2.75) is 45.4 Å². The Hall–Kier alpha value is -4.80. The van der Waals surface area contributed by atoms with Crippen LogP contribution in [0, 0.1) is 0 Å². The van der Waals surface area contributed by atoms with Gasteiger partial charge in [-0.25, -0.2) is 9.97 Å². The maximum atomic E-state index is 6.05. The lowest BCUT2D eigenvalue weighted by atomic mass is 9.98. The van der Waals surface area contributed by atoms with Gasteiger partial charge in [-0.2, -0.15) is 5.21 Å². The van der Waals surface area contributed by atoms with Crippen LogP contribution in [0.2, 0.25) is 0 Å². The van der Waals surface area contributed by atoms with Crippen molar-refractivity contribution in [3.05, 3.63) is 96.2 Å². The van der Waals surface area contributed by atoms with Crippen LogP contribution in [-0.4, -0.2) is 53.4 Å². The molecule has 0 atom stereocenters. The molecule has 216 valence electrons. The van der Waals surface area contributed by atoms with Gasteiger partial charge in [0.1, 0.15) is 17.0 Å². The van der Waals surface area contributed by atoms with Crippen molar-refractivity contribution >= 4 is 11.2 Å². The Labute approximate surface area is 249 Å². The van der Waals surface area contributed by atoms with Crippen molar-refractivity contribution in [1.29, 1.82) is 0 Å². The van der Waals surface area contributed by atoms with Crippen molar-refractivity contribution in [1.82, 2.24) is 40.1 Å². The fourth-order valence-electron chi connectivity index (χ4n) is 5.57. The van der Waals surface area contributed by atoms with E-state index in [1.807, 2.05) is 30.3 Å². The Morgan fingerprint density at radius 2 is 1.65 bits per heavy atom. The van der Waals surface area contributed by atoms with E-state index in [0.717, 1.165) is 81.7 Å². The minimum Gasteiger partial charge on any atom is -0.347 e. The maximum Gasteiger partial charge on any atom is 0.205 e. The second-order valence-corrected chi connectivity index (χ2v) is 10.6. The molecule has 1 aliphatic heterocycles. The molecular weight excluding hydrogens is 540 g/mol. The molecule has 1 saturated heterocycles. The number of imidazole rings is 1. The summed E-state index contributed by atoms with van der Waals surface area (Å²) in [7, 11) is 0. The molecule has 0 aliphatic carbocycles. The molecule has 1 aliphatic rings. The SMILES string of the molecule is CCCCc1nc2cc(-c3ccncc3)c(C3OCCCO3)nc2n1Cc1ccc(-c2ccccc2-c2nn[nH]n2)cc1. The lowest BCUT2D eigenvalue weighted by molar-refractivity contribution is -0.184. The summed E-state index contributed by atoms with van der Waals surface area (Å²) < 4.78 is 14.3. The Bertz CT molecular complexity index is 1810. The minimum atomic E-state index is -0.526. The zero-order chi connectivity index (χ0) is 29.0. The Kier molecular flexibility index (Phi) is 7.68. The third kappa shape index (κ3) is 5.54. The highest BCUT2D eigenvalue weighted by Gasteiger charge is 2.25. The van der Waals surface area contributed by atoms with Crippen LogP contribution in [-0.2, 0) is 22.4 Å². The average molecular weight is 573 g/mol. The number of aromatic nitrogens is 8. The second-order valence-electron chi connectivity index (χ2n) is 10.6. The monoisotopic (exact) mass is 572 g/mol. The molecule has 7 rings (SSSR count). The summed E-state index contributed by atoms with van der Waals surface area (Å²) in [5, 5.41) is 14.6. The number of nitrogens with one attached hydrogen (secondary N) is 1. The number of fused-ring (bicyclic) bond motifs is 1. The van der Waals surface area contributed by atoms with Gasteiger partial charge in [-0.05, 0) is 58.5 Å². The molecule has 6 aromatic rings. The van der Waals surface area contributed by atoms with Crippen LogP contribution in [0.25, 0.3) is 44.8 Å². The third-order valence-corrected chi connectivity index (χ3v) is 7.74. The summed E-state index contributed by atoms with van der Waals surface area (Å²) in [4.78, 5) is 14.5. The third-order valence-electron chi connectivity index (χ3n) is 7.74. The van der Waals surface area contributed by atoms with Crippen molar-refractivity contribution in [2.24, 2.45) is 0 Å². The first-order valence-electron chi connectivity index (χ1n) is 14.7. The quantitative estimate of drug-likeness (QED) is 0.219. The predicted octanol–water partition coefficient (Wildman–Crippen LogP) is 6.17. The van der Waals surface area contributed by atoms with Gasteiger partial charge in [-0.15, -0.1) is 10.2 Å². The topological polar surface area (TPSA) is 117 Å². The second kappa shape index (κ2) is 12.2. The molecule has 2 aromatic carbocycles. The lowest BCUT2D eigenvalue weighted by Crippen LogP contribution is -2.20. The van der Waals surface area contributed by atoms with Crippen LogP contribution in [0.15, 0.2) is 79.1 Å². The number of nitrogens with zero attached hydrogens (tertiary/aromatic N) is 7. The first-order valence-corrected chi connectivity index (χ1v) is 14.7. The maximum absolute atomic E-state index is 6.05. The molecule has 0 radical (unpaired) electrons. The van der Waals surface area contributed by atoms with E-state index in [-0.39, 0.29) is 0 Å². The summed E-state index contributed by atoms with van der Waals surface area (Å²) in [6.07, 6.45) is 6.94. The van der Waals surface area contributed by atoms with Crippen LogP contribution < -0.4 is 0 Å². The minimum absolute atomic E-state index is 0.526. The van der Waals surface area contributed by atoms with Crippen molar-refractivity contribution in [2.75, 3.05) is 13.2 Å². The van der Waals surface area contributed by atoms with Crippen molar-refractivity contribution < 1.29 is 9.47 Å². The number of unbranched alkanes of at least 4 members (excludes halogenated alkanes) is 1. The number of aryl methyl sites for hydroxylation is 1. The summed E-state index contributed by atoms with van der Waals surface area (Å²) >= 11 is 0. The zero-order valence-corrected chi connectivity index (χ0v) is 24.0. The van der Waals surface area contributed by atoms with Gasteiger partial charge in [0, 0.05) is 29.9 Å². The lowest BCUT2D eigenvalue weighted by Gasteiger charge is -2.24. The average Bonchev–Trinajstić information content (AvgIpc) is 3.73. The molecule has 0 amide bonds. The van der Waals surface area contributed by atoms with Gasteiger partial charge in [0.05, 0.1) is 19.8 Å². The number of hydrogen-bond donors (Lipinski definition) is 1. The first-order chi connectivity index (χ1) is 21.3. The van der Waals surface area contributed by atoms with Crippen LogP contribution in [0.3, 0.4) is 0 Å². The highest BCUT2D eigenvalue weighted by molar-refractivity contribution is 5.82. The Morgan fingerprint density at radius 1 is 0.884 bits per heavy atom. The molecule has 1 N–H and O–H groups in total. The molecule has 10 heteroatoms. The van der Waals surface area contributed by atoms with Crippen LogP contribution >= 0.6 is 0 Å². The highest BCUT2D eigenvalue weighted by Crippen LogP contribution is 2.35. The van der Waals surface area contributed by atoms with Crippen molar-refractivity contribution in [3.63, 3.8) is 0 Å². The molecule has 0 bridgehead atoms. The van der Waals surface area contributed by atoms with E-state index in [1.54, 1.807) is 12.4 Å². The van der Waals surface area contributed by atoms with Gasteiger partial charge < -0.3 is 14.0 Å². The van der Waals surface area contributed by atoms with Gasteiger partial charge in [-0.1, -0.05) is 61.9 Å². The number of ether oxygens (including phenoxy) is 2. The smallest absolute Gasteiger partial charge is 0.205 e. The van der Waals surface area contributed by atoms with Crippen molar-refractivity contribution in [3.8, 4) is 33.6 Å². The van der Waals surface area contributed by atoms with Gasteiger partial charge in [0.25, 0.3) is 0 Å². The standard InChI is InChI=1S/C33H32N8O2/c1-2-3-9-29-35-28-20-27(24-14-16-34-17-15-24)30(33-42-18-6-19-43-33)36-32(28)41(29)21-22-10-12-23(13-11-22)25-7-4-5-8-26(25)31-37-39-40-38-31/h4-5,7-8,10-17,20,33H,2-3,6,9,18-19,21H2,1H3,(H,37,38,39,40). The first kappa shape index (κ1) is 27.1. The number of hydrogen-bond acceptors (Lipinski definition) is 8. The highest BCUT2D eigenvalue weighted by atomic mass is 16.7. The number of pyridine rings is 2. The molecule has 4 aromatic heterocycles. The summed E-state index contributed by atoms with van der Waals surface area (Å²) in [5.74, 6) is 1.60. The normalized spacial score (nSPS) is 14.0.